The van der Waals surface area contributed by atoms with Crippen molar-refractivity contribution in [3.8, 4) is 0 Å². The summed E-state index contributed by atoms with van der Waals surface area (Å²) in [4.78, 5) is 38.7. The molecule has 1 N–H and O–H groups in total. The van der Waals surface area contributed by atoms with Gasteiger partial charge in [-0.15, -0.1) is 0 Å². The van der Waals surface area contributed by atoms with E-state index < -0.39 is 5.97 Å². The van der Waals surface area contributed by atoms with Crippen LogP contribution in [-0.4, -0.2) is 40.2 Å². The summed E-state index contributed by atoms with van der Waals surface area (Å²) in [6, 6.07) is 16.3. The molecule has 2 aromatic rings. The first kappa shape index (κ1) is 24.4. The highest BCUT2D eigenvalue weighted by atomic mass is 32.2. The van der Waals surface area contributed by atoms with Gasteiger partial charge in [0.15, 0.2) is 0 Å². The summed E-state index contributed by atoms with van der Waals surface area (Å²) < 4.78 is 5.43. The summed E-state index contributed by atoms with van der Waals surface area (Å²) in [7, 11) is 0. The molecule has 0 spiro atoms. The molecule has 170 valence electrons. The molecule has 2 amide bonds. The van der Waals surface area contributed by atoms with E-state index >= 15 is 0 Å². The maximum atomic E-state index is 12.6. The molecule has 1 fully saturated rings. The van der Waals surface area contributed by atoms with Crippen LogP contribution in [-0.2, 0) is 14.3 Å². The molecule has 6 nitrogen and oxygen atoms in total. The van der Waals surface area contributed by atoms with Crippen molar-refractivity contribution >= 4 is 57.8 Å². The van der Waals surface area contributed by atoms with Crippen LogP contribution in [0.5, 0.6) is 0 Å². The van der Waals surface area contributed by atoms with Crippen LogP contribution in [0, 0.1) is 0 Å². The molecule has 3 rings (SSSR count). The van der Waals surface area contributed by atoms with Crippen molar-refractivity contribution in [1.29, 1.82) is 0 Å². The van der Waals surface area contributed by atoms with Crippen molar-refractivity contribution in [3.63, 3.8) is 0 Å². The van der Waals surface area contributed by atoms with E-state index in [0.717, 1.165) is 5.56 Å². The zero-order chi connectivity index (χ0) is 23.6. The molecular weight excluding hydrogens is 456 g/mol. The quantitative estimate of drug-likeness (QED) is 0.308. The number of amides is 2. The SMILES string of the molecule is CCOC(=O)c1ccc(NC(=O)CCCN2C(=O)C(=CC=Cc3ccccc3)SC2=S)cc1. The number of carbonyl (C=O) groups is 3. The van der Waals surface area contributed by atoms with Crippen molar-refractivity contribution in [1.82, 2.24) is 4.90 Å². The largest absolute Gasteiger partial charge is 0.462 e. The number of thioether (sulfide) groups is 1. The normalized spacial score (nSPS) is 14.8. The molecule has 0 radical (unpaired) electrons. The standard InChI is InChI=1S/C25H24N2O4S2/c1-2-31-24(30)19-13-15-20(16-14-19)26-22(28)12-7-17-27-23(29)21(33-25(27)32)11-6-10-18-8-4-3-5-9-18/h3-6,8-11,13-16H,2,7,12,17H2,1H3,(H,26,28). The first-order chi connectivity index (χ1) is 16.0. The lowest BCUT2D eigenvalue weighted by molar-refractivity contribution is -0.122. The van der Waals surface area contributed by atoms with Crippen LogP contribution >= 0.6 is 24.0 Å². The van der Waals surface area contributed by atoms with Crippen LogP contribution in [0.2, 0.25) is 0 Å². The molecule has 0 atom stereocenters. The maximum absolute atomic E-state index is 12.6. The average molecular weight is 481 g/mol. The van der Waals surface area contributed by atoms with E-state index in [1.54, 1.807) is 37.3 Å². The number of thiocarbonyl (C=S) groups is 1. The second kappa shape index (κ2) is 12.1. The number of hydrogen-bond acceptors (Lipinski definition) is 6. The molecule has 2 aromatic carbocycles. The van der Waals surface area contributed by atoms with Gasteiger partial charge in [0, 0.05) is 18.7 Å². The fourth-order valence-electron chi connectivity index (χ4n) is 3.04. The molecule has 1 aliphatic heterocycles. The topological polar surface area (TPSA) is 75.7 Å². The van der Waals surface area contributed by atoms with E-state index in [9.17, 15) is 14.4 Å². The Morgan fingerprint density at radius 1 is 1.12 bits per heavy atom. The number of rotatable bonds is 9. The van der Waals surface area contributed by atoms with Gasteiger partial charge in [-0.1, -0.05) is 66.5 Å². The molecule has 1 aliphatic rings. The van der Waals surface area contributed by atoms with Crippen molar-refractivity contribution < 1.29 is 19.1 Å². The van der Waals surface area contributed by atoms with Gasteiger partial charge in [0.25, 0.3) is 5.91 Å². The molecule has 0 aromatic heterocycles. The zero-order valence-corrected chi connectivity index (χ0v) is 19.8. The third-order valence-electron chi connectivity index (χ3n) is 4.67. The highest BCUT2D eigenvalue weighted by Crippen LogP contribution is 2.31. The minimum atomic E-state index is -0.400. The van der Waals surface area contributed by atoms with Crippen molar-refractivity contribution in [3.05, 3.63) is 82.8 Å². The van der Waals surface area contributed by atoms with Crippen LogP contribution in [0.4, 0.5) is 5.69 Å². The number of ether oxygens (including phenoxy) is 1. The fourth-order valence-corrected chi connectivity index (χ4v) is 4.30. The highest BCUT2D eigenvalue weighted by Gasteiger charge is 2.31. The Morgan fingerprint density at radius 3 is 2.55 bits per heavy atom. The van der Waals surface area contributed by atoms with Gasteiger partial charge in [-0.25, -0.2) is 4.79 Å². The summed E-state index contributed by atoms with van der Waals surface area (Å²) in [5.74, 6) is -0.716. The van der Waals surface area contributed by atoms with Gasteiger partial charge in [-0.05, 0) is 49.2 Å². The molecule has 0 saturated carbocycles. The van der Waals surface area contributed by atoms with E-state index in [1.807, 2.05) is 42.5 Å². The second-order valence-corrected chi connectivity index (χ2v) is 8.75. The fraction of sp³-hybridized carbons (Fsp3) is 0.200. The molecule has 1 saturated heterocycles. The minimum Gasteiger partial charge on any atom is -0.462 e. The van der Waals surface area contributed by atoms with Crippen LogP contribution in [0.1, 0.15) is 35.7 Å². The first-order valence-corrected chi connectivity index (χ1v) is 11.7. The molecule has 33 heavy (non-hydrogen) atoms. The number of hydrogen-bond donors (Lipinski definition) is 1. The highest BCUT2D eigenvalue weighted by molar-refractivity contribution is 8.26. The van der Waals surface area contributed by atoms with Gasteiger partial charge in [-0.2, -0.15) is 0 Å². The van der Waals surface area contributed by atoms with Crippen LogP contribution in [0.25, 0.3) is 6.08 Å². The second-order valence-electron chi connectivity index (χ2n) is 7.08. The van der Waals surface area contributed by atoms with E-state index in [-0.39, 0.29) is 18.2 Å². The van der Waals surface area contributed by atoms with Gasteiger partial charge in [0.05, 0.1) is 17.1 Å². The van der Waals surface area contributed by atoms with Gasteiger partial charge < -0.3 is 10.1 Å². The van der Waals surface area contributed by atoms with Gasteiger partial charge in [-0.3, -0.25) is 14.5 Å². The van der Waals surface area contributed by atoms with Gasteiger partial charge >= 0.3 is 5.97 Å². The van der Waals surface area contributed by atoms with Crippen molar-refractivity contribution in [2.75, 3.05) is 18.5 Å². The number of nitrogens with zero attached hydrogens (tertiary/aromatic N) is 1. The predicted octanol–water partition coefficient (Wildman–Crippen LogP) is 5.04. The lowest BCUT2D eigenvalue weighted by atomic mass is 10.2. The van der Waals surface area contributed by atoms with Crippen LogP contribution in [0.3, 0.4) is 0 Å². The minimum absolute atomic E-state index is 0.141. The van der Waals surface area contributed by atoms with Crippen LogP contribution in [0.15, 0.2) is 71.7 Å². The van der Waals surface area contributed by atoms with E-state index in [1.165, 1.54) is 16.7 Å². The van der Waals surface area contributed by atoms with Crippen LogP contribution < -0.4 is 5.32 Å². The summed E-state index contributed by atoms with van der Waals surface area (Å²) in [6.45, 7) is 2.42. The Morgan fingerprint density at radius 2 is 1.85 bits per heavy atom. The Labute approximate surface area is 202 Å². The lowest BCUT2D eigenvalue weighted by Crippen LogP contribution is -2.29. The predicted molar refractivity (Wildman–Crippen MR) is 136 cm³/mol. The summed E-state index contributed by atoms with van der Waals surface area (Å²) >= 11 is 6.60. The summed E-state index contributed by atoms with van der Waals surface area (Å²) in [6.07, 6.45) is 6.24. The number of benzene rings is 2. The van der Waals surface area contributed by atoms with Gasteiger partial charge in [0.1, 0.15) is 4.32 Å². The lowest BCUT2D eigenvalue weighted by Gasteiger charge is -2.14. The number of esters is 1. The third kappa shape index (κ3) is 7.13. The number of nitrogens with one attached hydrogen (secondary N) is 1. The van der Waals surface area contributed by atoms with Gasteiger partial charge in [0.2, 0.25) is 5.91 Å². The van der Waals surface area contributed by atoms with E-state index in [4.69, 9.17) is 17.0 Å². The molecule has 1 heterocycles. The number of carbonyl (C=O) groups excluding carboxylic acids is 3. The zero-order valence-electron chi connectivity index (χ0n) is 18.2. The Hall–Kier alpha value is -3.23. The smallest absolute Gasteiger partial charge is 0.338 e. The van der Waals surface area contributed by atoms with E-state index in [2.05, 4.69) is 5.32 Å². The molecule has 0 unspecified atom stereocenters. The number of anilines is 1. The summed E-state index contributed by atoms with van der Waals surface area (Å²) in [5, 5.41) is 2.79. The number of allylic oxidation sites excluding steroid dienone is 2. The third-order valence-corrected chi connectivity index (χ3v) is 6.07. The molecule has 0 bridgehead atoms. The van der Waals surface area contributed by atoms with Crippen molar-refractivity contribution in [2.24, 2.45) is 0 Å². The average Bonchev–Trinajstić information content (AvgIpc) is 3.08. The maximum Gasteiger partial charge on any atom is 0.338 e. The first-order valence-electron chi connectivity index (χ1n) is 10.5. The molecular formula is C25H24N2O4S2. The molecule has 0 aliphatic carbocycles. The van der Waals surface area contributed by atoms with E-state index in [0.29, 0.717) is 40.0 Å². The monoisotopic (exact) mass is 480 g/mol. The van der Waals surface area contributed by atoms with Crippen molar-refractivity contribution in [2.45, 2.75) is 19.8 Å². The molecule has 8 heteroatoms. The summed E-state index contributed by atoms with van der Waals surface area (Å²) in [5.41, 5.74) is 2.06. The Balaban J connectivity index is 1.46. The Kier molecular flexibility index (Phi) is 8.97. The Bertz CT molecular complexity index is 1080.